The van der Waals surface area contributed by atoms with E-state index in [4.69, 9.17) is 0 Å². The van der Waals surface area contributed by atoms with E-state index >= 15 is 0 Å². The fourth-order valence-electron chi connectivity index (χ4n) is 2.01. The van der Waals surface area contributed by atoms with Crippen molar-refractivity contribution in [1.29, 1.82) is 0 Å². The summed E-state index contributed by atoms with van der Waals surface area (Å²) in [6.07, 6.45) is 1.04. The quantitative estimate of drug-likeness (QED) is 0.643. The number of hydrogen-bond acceptors (Lipinski definition) is 2. The Bertz CT molecular complexity index is 578. The second-order valence-corrected chi connectivity index (χ2v) is 7.91. The molecule has 20 heavy (non-hydrogen) atoms. The van der Waals surface area contributed by atoms with Gasteiger partial charge < -0.3 is 5.32 Å². The molecular formula is C15H16Br2FNS. The molecule has 108 valence electrons. The van der Waals surface area contributed by atoms with Gasteiger partial charge in [0.1, 0.15) is 5.82 Å². The molecule has 0 radical (unpaired) electrons. The molecule has 0 saturated heterocycles. The Balaban J connectivity index is 2.43. The fourth-order valence-corrected chi connectivity index (χ4v) is 4.16. The summed E-state index contributed by atoms with van der Waals surface area (Å²) in [7, 11) is 0. The number of rotatable bonds is 5. The summed E-state index contributed by atoms with van der Waals surface area (Å²) in [6, 6.07) is 7.00. The van der Waals surface area contributed by atoms with Gasteiger partial charge >= 0.3 is 0 Å². The predicted octanol–water partition coefficient (Wildman–Crippen LogP) is 5.81. The number of nitrogens with one attached hydrogen (secondary N) is 1. The second-order valence-electron chi connectivity index (χ2n) is 4.66. The Morgan fingerprint density at radius 2 is 2.05 bits per heavy atom. The van der Waals surface area contributed by atoms with Crippen LogP contribution >= 0.6 is 43.2 Å². The molecule has 1 nitrogen and oxygen atoms in total. The van der Waals surface area contributed by atoms with E-state index in [1.807, 2.05) is 0 Å². The van der Waals surface area contributed by atoms with E-state index in [0.717, 1.165) is 26.8 Å². The zero-order chi connectivity index (χ0) is 14.7. The molecule has 0 aliphatic heterocycles. The van der Waals surface area contributed by atoms with E-state index in [0.29, 0.717) is 0 Å². The van der Waals surface area contributed by atoms with Crippen molar-refractivity contribution in [1.82, 2.24) is 5.32 Å². The van der Waals surface area contributed by atoms with Crippen LogP contribution in [0, 0.1) is 12.7 Å². The molecule has 0 fully saturated rings. The molecule has 2 aromatic rings. The lowest BCUT2D eigenvalue weighted by molar-refractivity contribution is 0.589. The van der Waals surface area contributed by atoms with Gasteiger partial charge in [-0.1, -0.05) is 22.9 Å². The van der Waals surface area contributed by atoms with Crippen LogP contribution in [-0.2, 0) is 0 Å². The molecule has 1 aromatic heterocycles. The molecule has 2 rings (SSSR count). The SMILES string of the molecule is CCCNC(c1cc(C)c(Br)s1)c1cc(F)ccc1Br. The molecule has 0 spiro atoms. The predicted molar refractivity (Wildman–Crippen MR) is 91.0 cm³/mol. The summed E-state index contributed by atoms with van der Waals surface area (Å²) in [5, 5.41) is 3.50. The van der Waals surface area contributed by atoms with Crippen LogP contribution in [0.2, 0.25) is 0 Å². The summed E-state index contributed by atoms with van der Waals surface area (Å²) in [4.78, 5) is 1.19. The van der Waals surface area contributed by atoms with Crippen LogP contribution in [0.3, 0.4) is 0 Å². The van der Waals surface area contributed by atoms with Gasteiger partial charge in [0.05, 0.1) is 9.83 Å². The lowest BCUT2D eigenvalue weighted by Crippen LogP contribution is -2.22. The van der Waals surface area contributed by atoms with Crippen molar-refractivity contribution in [3.63, 3.8) is 0 Å². The highest BCUT2D eigenvalue weighted by molar-refractivity contribution is 9.11. The Morgan fingerprint density at radius 1 is 1.30 bits per heavy atom. The smallest absolute Gasteiger partial charge is 0.123 e. The molecule has 1 aromatic carbocycles. The third-order valence-electron chi connectivity index (χ3n) is 3.03. The molecule has 1 heterocycles. The van der Waals surface area contributed by atoms with Crippen LogP contribution in [0.4, 0.5) is 4.39 Å². The highest BCUT2D eigenvalue weighted by Gasteiger charge is 2.19. The maximum atomic E-state index is 13.6. The molecule has 0 aliphatic carbocycles. The highest BCUT2D eigenvalue weighted by Crippen LogP contribution is 2.36. The normalized spacial score (nSPS) is 12.7. The Hall–Kier alpha value is -0.230. The maximum absolute atomic E-state index is 13.6. The molecule has 0 saturated carbocycles. The van der Waals surface area contributed by atoms with Crippen molar-refractivity contribution < 1.29 is 4.39 Å². The first kappa shape index (κ1) is 16.1. The van der Waals surface area contributed by atoms with E-state index < -0.39 is 0 Å². The monoisotopic (exact) mass is 419 g/mol. The first-order chi connectivity index (χ1) is 9.52. The van der Waals surface area contributed by atoms with E-state index in [9.17, 15) is 4.39 Å². The topological polar surface area (TPSA) is 12.0 Å². The van der Waals surface area contributed by atoms with E-state index in [1.165, 1.54) is 16.5 Å². The minimum Gasteiger partial charge on any atom is -0.306 e. The summed E-state index contributed by atoms with van der Waals surface area (Å²) >= 11 is 8.79. The summed E-state index contributed by atoms with van der Waals surface area (Å²) < 4.78 is 15.6. The van der Waals surface area contributed by atoms with Crippen molar-refractivity contribution in [2.24, 2.45) is 0 Å². The van der Waals surface area contributed by atoms with Crippen LogP contribution in [0.5, 0.6) is 0 Å². The Kier molecular flexibility index (Phi) is 5.78. The standard InChI is InChI=1S/C15H16Br2FNS/c1-3-6-19-14(13-7-9(2)15(17)20-13)11-8-10(18)4-5-12(11)16/h4-5,7-8,14,19H,3,6H2,1-2H3. The summed E-state index contributed by atoms with van der Waals surface area (Å²) in [6.45, 7) is 5.09. The van der Waals surface area contributed by atoms with E-state index in [2.05, 4.69) is 57.1 Å². The Labute approximate surface area is 139 Å². The number of halogens is 3. The van der Waals surface area contributed by atoms with Crippen LogP contribution in [-0.4, -0.2) is 6.54 Å². The highest BCUT2D eigenvalue weighted by atomic mass is 79.9. The van der Waals surface area contributed by atoms with E-state index in [1.54, 1.807) is 23.5 Å². The molecule has 0 amide bonds. The van der Waals surface area contributed by atoms with Gasteiger partial charge in [-0.25, -0.2) is 4.39 Å². The largest absolute Gasteiger partial charge is 0.306 e. The third kappa shape index (κ3) is 3.70. The van der Waals surface area contributed by atoms with Crippen LogP contribution in [0.1, 0.15) is 35.4 Å². The molecule has 0 aliphatic rings. The van der Waals surface area contributed by atoms with Crippen molar-refractivity contribution in [3.8, 4) is 0 Å². The van der Waals surface area contributed by atoms with Crippen LogP contribution in [0.15, 0.2) is 32.5 Å². The summed E-state index contributed by atoms with van der Waals surface area (Å²) in [5.41, 5.74) is 2.15. The molecule has 5 heteroatoms. The summed E-state index contributed by atoms with van der Waals surface area (Å²) in [5.74, 6) is -0.209. The molecule has 0 bridgehead atoms. The third-order valence-corrected chi connectivity index (χ3v) is 5.95. The fraction of sp³-hybridized carbons (Fsp3) is 0.333. The molecule has 1 N–H and O–H groups in total. The second kappa shape index (κ2) is 7.16. The van der Waals surface area contributed by atoms with Gasteiger partial charge in [-0.15, -0.1) is 11.3 Å². The van der Waals surface area contributed by atoms with Gasteiger partial charge in [0.2, 0.25) is 0 Å². The van der Waals surface area contributed by atoms with Gasteiger partial charge in [0, 0.05) is 9.35 Å². The van der Waals surface area contributed by atoms with Crippen molar-refractivity contribution >= 4 is 43.2 Å². The van der Waals surface area contributed by atoms with Crippen molar-refractivity contribution in [2.75, 3.05) is 6.54 Å². The van der Waals surface area contributed by atoms with Crippen LogP contribution < -0.4 is 5.32 Å². The number of aryl methyl sites for hydroxylation is 1. The minimum absolute atomic E-state index is 0.00928. The zero-order valence-corrected chi connectivity index (χ0v) is 15.3. The van der Waals surface area contributed by atoms with E-state index in [-0.39, 0.29) is 11.9 Å². The number of thiophene rings is 1. The Morgan fingerprint density at radius 3 is 2.65 bits per heavy atom. The van der Waals surface area contributed by atoms with Gasteiger partial charge in [-0.2, -0.15) is 0 Å². The van der Waals surface area contributed by atoms with Gasteiger partial charge in [-0.05, 0) is 71.2 Å². The van der Waals surface area contributed by atoms with Gasteiger partial charge in [0.15, 0.2) is 0 Å². The van der Waals surface area contributed by atoms with Crippen molar-refractivity contribution in [2.45, 2.75) is 26.3 Å². The molecule has 1 atom stereocenters. The van der Waals surface area contributed by atoms with Gasteiger partial charge in [0.25, 0.3) is 0 Å². The number of benzene rings is 1. The molecule has 1 unspecified atom stereocenters. The zero-order valence-electron chi connectivity index (χ0n) is 11.3. The number of hydrogen-bond donors (Lipinski definition) is 1. The van der Waals surface area contributed by atoms with Gasteiger partial charge in [-0.3, -0.25) is 0 Å². The first-order valence-corrected chi connectivity index (χ1v) is 8.87. The first-order valence-electron chi connectivity index (χ1n) is 6.47. The minimum atomic E-state index is -0.209. The average molecular weight is 421 g/mol. The maximum Gasteiger partial charge on any atom is 0.123 e. The molecular weight excluding hydrogens is 405 g/mol. The average Bonchev–Trinajstić information content (AvgIpc) is 2.74. The van der Waals surface area contributed by atoms with Crippen molar-refractivity contribution in [3.05, 3.63) is 54.3 Å². The van der Waals surface area contributed by atoms with Crippen LogP contribution in [0.25, 0.3) is 0 Å². The lowest BCUT2D eigenvalue weighted by atomic mass is 10.0. The lowest BCUT2D eigenvalue weighted by Gasteiger charge is -2.19.